The molecule has 0 aromatic heterocycles. The second-order valence-corrected chi connectivity index (χ2v) is 4.82. The minimum atomic E-state index is -2.56. The highest BCUT2D eigenvalue weighted by Gasteiger charge is 2.43. The van der Waals surface area contributed by atoms with E-state index < -0.39 is 5.92 Å². The molecule has 0 atom stereocenters. The van der Waals surface area contributed by atoms with Gasteiger partial charge in [-0.1, -0.05) is 0 Å². The third-order valence-corrected chi connectivity index (χ3v) is 3.18. The van der Waals surface area contributed by atoms with Crippen LogP contribution in [-0.2, 0) is 4.74 Å². The van der Waals surface area contributed by atoms with Gasteiger partial charge >= 0.3 is 0 Å². The third kappa shape index (κ3) is 2.46. The summed E-state index contributed by atoms with van der Waals surface area (Å²) in [5.41, 5.74) is -0.284. The zero-order valence-corrected chi connectivity index (χ0v) is 8.72. The summed E-state index contributed by atoms with van der Waals surface area (Å²) in [4.78, 5) is 1.75. The lowest BCUT2D eigenvalue weighted by molar-refractivity contribution is -0.160. The van der Waals surface area contributed by atoms with Crippen molar-refractivity contribution in [2.45, 2.75) is 18.8 Å². The summed E-state index contributed by atoms with van der Waals surface area (Å²) >= 11 is 0. The van der Waals surface area contributed by atoms with Crippen molar-refractivity contribution in [2.24, 2.45) is 5.41 Å². The summed E-state index contributed by atoms with van der Waals surface area (Å²) in [5, 5.41) is 9.20. The predicted molar refractivity (Wildman–Crippen MR) is 51.0 cm³/mol. The first-order chi connectivity index (χ1) is 7.05. The number of rotatable bonds is 3. The number of hydrogen-bond acceptors (Lipinski definition) is 3. The van der Waals surface area contributed by atoms with Gasteiger partial charge in [-0.3, -0.25) is 4.90 Å². The normalized spacial score (nSPS) is 29.8. The van der Waals surface area contributed by atoms with Gasteiger partial charge in [0.05, 0.1) is 31.8 Å². The van der Waals surface area contributed by atoms with Crippen molar-refractivity contribution in [1.29, 1.82) is 0 Å². The van der Waals surface area contributed by atoms with Gasteiger partial charge in [-0.2, -0.15) is 0 Å². The Kier molecular flexibility index (Phi) is 2.96. The summed E-state index contributed by atoms with van der Waals surface area (Å²) in [5.74, 6) is -2.56. The van der Waals surface area contributed by atoms with E-state index >= 15 is 0 Å². The van der Waals surface area contributed by atoms with Gasteiger partial charge < -0.3 is 9.84 Å². The van der Waals surface area contributed by atoms with Gasteiger partial charge in [-0.05, 0) is 13.0 Å². The number of ether oxygens (including phenoxy) is 1. The average Bonchev–Trinajstić information content (AvgIpc) is 2.10. The van der Waals surface area contributed by atoms with E-state index in [-0.39, 0.29) is 25.0 Å². The number of halogens is 2. The average molecular weight is 221 g/mol. The zero-order valence-electron chi connectivity index (χ0n) is 8.72. The number of hydrogen-bond donors (Lipinski definition) is 1. The van der Waals surface area contributed by atoms with Crippen LogP contribution >= 0.6 is 0 Å². The molecule has 0 aromatic carbocycles. The zero-order chi connectivity index (χ0) is 10.9. The van der Waals surface area contributed by atoms with Crippen molar-refractivity contribution in [1.82, 2.24) is 4.90 Å². The van der Waals surface area contributed by atoms with Gasteiger partial charge in [0.2, 0.25) is 0 Å². The van der Waals surface area contributed by atoms with Crippen molar-refractivity contribution in [2.75, 3.05) is 39.5 Å². The molecule has 0 saturated carbocycles. The van der Waals surface area contributed by atoms with Crippen LogP contribution in [-0.4, -0.2) is 55.4 Å². The first kappa shape index (κ1) is 11.2. The molecule has 0 amide bonds. The standard InChI is InChI=1S/C10H17F2NO2/c11-10(12)2-1-3-13(5-10)4-9(6-14)7-15-8-9/h14H,1-8H2. The van der Waals surface area contributed by atoms with E-state index in [9.17, 15) is 13.9 Å². The number of aliphatic hydroxyl groups excluding tert-OH is 1. The second-order valence-electron chi connectivity index (χ2n) is 4.82. The fourth-order valence-corrected chi connectivity index (χ4v) is 2.28. The maximum atomic E-state index is 13.1. The van der Waals surface area contributed by atoms with Crippen LogP contribution in [0.3, 0.4) is 0 Å². The highest BCUT2D eigenvalue weighted by Crippen LogP contribution is 2.32. The Balaban J connectivity index is 1.88. The largest absolute Gasteiger partial charge is 0.396 e. The molecule has 3 nitrogen and oxygen atoms in total. The van der Waals surface area contributed by atoms with Crippen molar-refractivity contribution in [3.63, 3.8) is 0 Å². The Bertz CT molecular complexity index is 226. The Hall–Kier alpha value is -0.260. The molecule has 0 unspecified atom stereocenters. The van der Waals surface area contributed by atoms with Gasteiger partial charge in [-0.25, -0.2) is 8.78 Å². The highest BCUT2D eigenvalue weighted by molar-refractivity contribution is 4.90. The number of nitrogens with zero attached hydrogens (tertiary/aromatic N) is 1. The van der Waals surface area contributed by atoms with Crippen LogP contribution in [0.15, 0.2) is 0 Å². The number of alkyl halides is 2. The molecule has 2 fully saturated rings. The lowest BCUT2D eigenvalue weighted by Crippen LogP contribution is -2.56. The first-order valence-electron chi connectivity index (χ1n) is 5.34. The van der Waals surface area contributed by atoms with Crippen molar-refractivity contribution >= 4 is 0 Å². The Morgan fingerprint density at radius 2 is 2.07 bits per heavy atom. The quantitative estimate of drug-likeness (QED) is 0.762. The molecule has 2 aliphatic heterocycles. The molecule has 15 heavy (non-hydrogen) atoms. The number of piperidine rings is 1. The van der Waals surface area contributed by atoms with Crippen LogP contribution in [0.5, 0.6) is 0 Å². The Morgan fingerprint density at radius 1 is 1.33 bits per heavy atom. The fourth-order valence-electron chi connectivity index (χ4n) is 2.28. The third-order valence-electron chi connectivity index (χ3n) is 3.18. The number of likely N-dealkylation sites (tertiary alicyclic amines) is 1. The molecule has 5 heteroatoms. The lowest BCUT2D eigenvalue weighted by Gasteiger charge is -2.45. The summed E-state index contributed by atoms with van der Waals surface area (Å²) in [6, 6.07) is 0. The maximum absolute atomic E-state index is 13.1. The lowest BCUT2D eigenvalue weighted by atomic mass is 9.85. The van der Waals surface area contributed by atoms with E-state index in [1.54, 1.807) is 4.90 Å². The molecule has 0 radical (unpaired) electrons. The minimum Gasteiger partial charge on any atom is -0.396 e. The molecule has 2 saturated heterocycles. The van der Waals surface area contributed by atoms with Crippen molar-refractivity contribution < 1.29 is 18.6 Å². The van der Waals surface area contributed by atoms with E-state index in [1.807, 2.05) is 0 Å². The molecule has 0 bridgehead atoms. The molecular weight excluding hydrogens is 204 g/mol. The van der Waals surface area contributed by atoms with Crippen LogP contribution in [0.25, 0.3) is 0 Å². The topological polar surface area (TPSA) is 32.7 Å². The molecule has 0 aliphatic carbocycles. The minimum absolute atomic E-state index is 0.00781. The van der Waals surface area contributed by atoms with E-state index in [0.717, 1.165) is 0 Å². The first-order valence-corrected chi connectivity index (χ1v) is 5.34. The monoisotopic (exact) mass is 221 g/mol. The SMILES string of the molecule is OCC1(CN2CCCC(F)(F)C2)COC1. The van der Waals surface area contributed by atoms with Gasteiger partial charge in [0, 0.05) is 13.0 Å². The maximum Gasteiger partial charge on any atom is 0.260 e. The molecule has 88 valence electrons. The van der Waals surface area contributed by atoms with Crippen molar-refractivity contribution in [3.05, 3.63) is 0 Å². The number of aliphatic hydroxyl groups is 1. The summed E-state index contributed by atoms with van der Waals surface area (Å²) in [7, 11) is 0. The van der Waals surface area contributed by atoms with Crippen LogP contribution in [0.1, 0.15) is 12.8 Å². The fraction of sp³-hybridized carbons (Fsp3) is 1.00. The van der Waals surface area contributed by atoms with E-state index in [2.05, 4.69) is 0 Å². The smallest absolute Gasteiger partial charge is 0.260 e. The molecule has 0 spiro atoms. The highest BCUT2D eigenvalue weighted by atomic mass is 19.3. The predicted octanol–water partition coefficient (Wildman–Crippen LogP) is 0.726. The molecule has 2 rings (SSSR count). The van der Waals surface area contributed by atoms with Gasteiger partial charge in [0.25, 0.3) is 5.92 Å². The molecule has 2 heterocycles. The Labute approximate surface area is 88.0 Å². The van der Waals surface area contributed by atoms with Crippen LogP contribution in [0.2, 0.25) is 0 Å². The summed E-state index contributed by atoms with van der Waals surface area (Å²) < 4.78 is 31.3. The van der Waals surface area contributed by atoms with Gasteiger partial charge in [0.1, 0.15) is 0 Å². The summed E-state index contributed by atoms with van der Waals surface area (Å²) in [6.07, 6.45) is 0.529. The van der Waals surface area contributed by atoms with Gasteiger partial charge in [0.15, 0.2) is 0 Å². The Morgan fingerprint density at radius 3 is 2.53 bits per heavy atom. The molecule has 2 aliphatic rings. The summed E-state index contributed by atoms with van der Waals surface area (Å²) in [6.45, 7) is 2.07. The molecule has 0 aromatic rings. The van der Waals surface area contributed by atoms with Crippen LogP contribution in [0.4, 0.5) is 8.78 Å². The molecule has 1 N–H and O–H groups in total. The van der Waals surface area contributed by atoms with Crippen LogP contribution < -0.4 is 0 Å². The van der Waals surface area contributed by atoms with E-state index in [1.165, 1.54) is 0 Å². The van der Waals surface area contributed by atoms with E-state index in [0.29, 0.717) is 32.7 Å². The van der Waals surface area contributed by atoms with E-state index in [4.69, 9.17) is 4.74 Å². The molecular formula is C10H17F2NO2. The van der Waals surface area contributed by atoms with Crippen molar-refractivity contribution in [3.8, 4) is 0 Å². The van der Waals surface area contributed by atoms with Crippen LogP contribution in [0, 0.1) is 5.41 Å². The second kappa shape index (κ2) is 3.96. The van der Waals surface area contributed by atoms with Gasteiger partial charge in [-0.15, -0.1) is 0 Å².